The maximum atomic E-state index is 14.2. The smallest absolute Gasteiger partial charge is 0.201 e. The molecule has 0 aliphatic heterocycles. The van der Waals surface area contributed by atoms with E-state index in [0.29, 0.717) is 6.61 Å². The first-order chi connectivity index (χ1) is 14.1. The van der Waals surface area contributed by atoms with E-state index < -0.39 is 11.6 Å². The van der Waals surface area contributed by atoms with Gasteiger partial charge in [0.15, 0.2) is 11.6 Å². The summed E-state index contributed by atoms with van der Waals surface area (Å²) in [7, 11) is 0. The van der Waals surface area contributed by atoms with Crippen LogP contribution in [0.2, 0.25) is 0 Å². The lowest BCUT2D eigenvalue weighted by atomic mass is 10.0. The van der Waals surface area contributed by atoms with Crippen LogP contribution in [0.5, 0.6) is 5.75 Å². The minimum Gasteiger partial charge on any atom is -0.490 e. The van der Waals surface area contributed by atoms with Crippen molar-refractivity contribution in [2.24, 2.45) is 0 Å². The maximum absolute atomic E-state index is 14.2. The molecule has 0 aromatic heterocycles. The quantitative estimate of drug-likeness (QED) is 0.422. The van der Waals surface area contributed by atoms with Crippen molar-refractivity contribution in [2.75, 3.05) is 6.61 Å². The SMILES string of the molecule is CCCOc1ccc(C#Cc2ccc(-c3ccc(CCC)cc3)cc2)c(F)c1F. The Morgan fingerprint density at radius 3 is 2.00 bits per heavy atom. The Balaban J connectivity index is 1.75. The summed E-state index contributed by atoms with van der Waals surface area (Å²) in [6.45, 7) is 4.42. The highest BCUT2D eigenvalue weighted by atomic mass is 19.2. The van der Waals surface area contributed by atoms with E-state index in [1.807, 2.05) is 31.2 Å². The highest BCUT2D eigenvalue weighted by molar-refractivity contribution is 5.64. The Hall–Kier alpha value is -3.12. The molecule has 0 amide bonds. The van der Waals surface area contributed by atoms with Gasteiger partial charge in [0.05, 0.1) is 12.2 Å². The van der Waals surface area contributed by atoms with Gasteiger partial charge in [0, 0.05) is 5.56 Å². The summed E-state index contributed by atoms with van der Waals surface area (Å²) in [5.74, 6) is 3.56. The molecule has 3 aromatic rings. The van der Waals surface area contributed by atoms with Crippen molar-refractivity contribution in [2.45, 2.75) is 33.1 Å². The molecule has 0 saturated heterocycles. The van der Waals surface area contributed by atoms with Crippen molar-refractivity contribution < 1.29 is 13.5 Å². The van der Waals surface area contributed by atoms with Crippen LogP contribution in [0.1, 0.15) is 43.4 Å². The van der Waals surface area contributed by atoms with Crippen molar-refractivity contribution >= 4 is 0 Å². The number of aryl methyl sites for hydroxylation is 1. The second-order valence-electron chi connectivity index (χ2n) is 6.86. The third kappa shape index (κ3) is 5.23. The Morgan fingerprint density at radius 1 is 0.724 bits per heavy atom. The van der Waals surface area contributed by atoms with E-state index in [-0.39, 0.29) is 11.3 Å². The Morgan fingerprint density at radius 2 is 1.38 bits per heavy atom. The Labute approximate surface area is 171 Å². The second-order valence-corrected chi connectivity index (χ2v) is 6.86. The zero-order valence-electron chi connectivity index (χ0n) is 16.8. The summed E-state index contributed by atoms with van der Waals surface area (Å²) >= 11 is 0. The summed E-state index contributed by atoms with van der Waals surface area (Å²) < 4.78 is 33.5. The summed E-state index contributed by atoms with van der Waals surface area (Å²) in [5.41, 5.74) is 4.32. The van der Waals surface area contributed by atoms with Crippen LogP contribution in [0.4, 0.5) is 8.78 Å². The highest BCUT2D eigenvalue weighted by Gasteiger charge is 2.13. The third-order valence-corrected chi connectivity index (χ3v) is 4.56. The van der Waals surface area contributed by atoms with E-state index in [1.54, 1.807) is 0 Å². The van der Waals surface area contributed by atoms with Crippen molar-refractivity contribution in [3.63, 3.8) is 0 Å². The molecule has 0 heterocycles. The molecule has 0 N–H and O–H groups in total. The van der Waals surface area contributed by atoms with Gasteiger partial charge in [-0.25, -0.2) is 4.39 Å². The number of rotatable bonds is 6. The first kappa shape index (κ1) is 20.6. The van der Waals surface area contributed by atoms with E-state index >= 15 is 0 Å². The standard InChI is InChI=1S/C26H24F2O/c1-3-5-19-6-11-21(12-7-19)22-13-8-20(9-14-22)10-15-23-16-17-24(29-18-4-2)26(28)25(23)27/h6-9,11-14,16-17H,3-5,18H2,1-2H3. The lowest BCUT2D eigenvalue weighted by Gasteiger charge is -2.07. The molecule has 0 saturated carbocycles. The van der Waals surface area contributed by atoms with Gasteiger partial charge >= 0.3 is 0 Å². The van der Waals surface area contributed by atoms with Crippen molar-refractivity contribution in [1.29, 1.82) is 0 Å². The summed E-state index contributed by atoms with van der Waals surface area (Å²) in [4.78, 5) is 0. The number of benzene rings is 3. The zero-order valence-corrected chi connectivity index (χ0v) is 16.8. The van der Waals surface area contributed by atoms with Crippen molar-refractivity contribution in [3.05, 3.63) is 89.0 Å². The fourth-order valence-electron chi connectivity index (χ4n) is 2.99. The summed E-state index contributed by atoms with van der Waals surface area (Å²) in [6.07, 6.45) is 2.94. The van der Waals surface area contributed by atoms with E-state index in [4.69, 9.17) is 4.74 Å². The molecule has 29 heavy (non-hydrogen) atoms. The van der Waals surface area contributed by atoms with E-state index in [1.165, 1.54) is 17.7 Å². The largest absolute Gasteiger partial charge is 0.490 e. The lowest BCUT2D eigenvalue weighted by Crippen LogP contribution is -2.00. The molecule has 148 valence electrons. The monoisotopic (exact) mass is 390 g/mol. The van der Waals surface area contributed by atoms with Crippen molar-refractivity contribution in [3.8, 4) is 28.7 Å². The molecule has 3 heteroatoms. The molecule has 0 unspecified atom stereocenters. The van der Waals surface area contributed by atoms with Gasteiger partial charge < -0.3 is 4.74 Å². The lowest BCUT2D eigenvalue weighted by molar-refractivity contribution is 0.295. The van der Waals surface area contributed by atoms with Crippen LogP contribution in [-0.4, -0.2) is 6.61 Å². The maximum Gasteiger partial charge on any atom is 0.201 e. The molecule has 0 aliphatic carbocycles. The van der Waals surface area contributed by atoms with Gasteiger partial charge in [0.1, 0.15) is 0 Å². The average Bonchev–Trinajstić information content (AvgIpc) is 2.75. The normalized spacial score (nSPS) is 10.3. The fraction of sp³-hybridized carbons (Fsp3) is 0.231. The number of halogens is 2. The first-order valence-corrected chi connectivity index (χ1v) is 9.94. The molecule has 1 nitrogen and oxygen atoms in total. The predicted molar refractivity (Wildman–Crippen MR) is 114 cm³/mol. The zero-order chi connectivity index (χ0) is 20.6. The van der Waals surface area contributed by atoms with Crippen LogP contribution in [0.3, 0.4) is 0 Å². The van der Waals surface area contributed by atoms with Gasteiger partial charge in [-0.2, -0.15) is 4.39 Å². The minimum atomic E-state index is -0.993. The topological polar surface area (TPSA) is 9.23 Å². The van der Waals surface area contributed by atoms with Gasteiger partial charge in [-0.15, -0.1) is 0 Å². The molecule has 0 fully saturated rings. The molecule has 0 aliphatic rings. The molecule has 3 aromatic carbocycles. The Kier molecular flexibility index (Phi) is 7.03. The van der Waals surface area contributed by atoms with Crippen LogP contribution < -0.4 is 4.74 Å². The minimum absolute atomic E-state index is 0.0157. The van der Waals surface area contributed by atoms with Crippen LogP contribution in [0, 0.1) is 23.5 Å². The van der Waals surface area contributed by atoms with E-state index in [9.17, 15) is 8.78 Å². The molecular weight excluding hydrogens is 366 g/mol. The molecule has 3 rings (SSSR count). The number of ether oxygens (including phenoxy) is 1. The summed E-state index contributed by atoms with van der Waals surface area (Å²) in [5, 5.41) is 0. The number of hydrogen-bond donors (Lipinski definition) is 0. The Bertz CT molecular complexity index is 1010. The molecule has 0 atom stereocenters. The predicted octanol–water partition coefficient (Wildman–Crippen LogP) is 6.77. The third-order valence-electron chi connectivity index (χ3n) is 4.56. The average molecular weight is 390 g/mol. The fourth-order valence-corrected chi connectivity index (χ4v) is 2.99. The molecular formula is C26H24F2O. The van der Waals surface area contributed by atoms with Crippen LogP contribution in [-0.2, 0) is 6.42 Å². The van der Waals surface area contributed by atoms with Crippen LogP contribution >= 0.6 is 0 Å². The number of hydrogen-bond acceptors (Lipinski definition) is 1. The van der Waals surface area contributed by atoms with Gasteiger partial charge in [-0.1, -0.05) is 68.5 Å². The first-order valence-electron chi connectivity index (χ1n) is 9.94. The van der Waals surface area contributed by atoms with Gasteiger partial charge in [-0.05, 0) is 53.8 Å². The van der Waals surface area contributed by atoms with E-state index in [0.717, 1.165) is 36.0 Å². The van der Waals surface area contributed by atoms with Gasteiger partial charge in [0.25, 0.3) is 0 Å². The van der Waals surface area contributed by atoms with Gasteiger partial charge in [0.2, 0.25) is 5.82 Å². The molecule has 0 bridgehead atoms. The van der Waals surface area contributed by atoms with Crippen LogP contribution in [0.25, 0.3) is 11.1 Å². The summed E-state index contributed by atoms with van der Waals surface area (Å²) in [6, 6.07) is 19.1. The molecule has 0 radical (unpaired) electrons. The highest BCUT2D eigenvalue weighted by Crippen LogP contribution is 2.23. The molecule has 0 spiro atoms. The van der Waals surface area contributed by atoms with E-state index in [2.05, 4.69) is 43.0 Å². The van der Waals surface area contributed by atoms with Crippen molar-refractivity contribution in [1.82, 2.24) is 0 Å². The second kappa shape index (κ2) is 9.89. The van der Waals surface area contributed by atoms with Gasteiger partial charge in [-0.3, -0.25) is 0 Å². The van der Waals surface area contributed by atoms with Crippen LogP contribution in [0.15, 0.2) is 60.7 Å².